The van der Waals surface area contributed by atoms with E-state index in [4.69, 9.17) is 14.2 Å². The summed E-state index contributed by atoms with van der Waals surface area (Å²) in [5, 5.41) is 10.5. The topological polar surface area (TPSA) is 93.7 Å². The average Bonchev–Trinajstić information content (AvgIpc) is 2.68. The van der Waals surface area contributed by atoms with Gasteiger partial charge in [-0.1, -0.05) is 18.2 Å². The van der Waals surface area contributed by atoms with Crippen molar-refractivity contribution in [3.63, 3.8) is 0 Å². The molecule has 0 aliphatic carbocycles. The van der Waals surface area contributed by atoms with Crippen molar-refractivity contribution in [2.45, 2.75) is 13.3 Å². The Morgan fingerprint density at radius 3 is 2.78 bits per heavy atom. The number of methoxy groups -OCH3 is 1. The maximum atomic E-state index is 12.6. The molecule has 138 valence electrons. The van der Waals surface area contributed by atoms with Crippen LogP contribution < -0.4 is 19.8 Å². The normalized spacial score (nSPS) is 11.9. The highest BCUT2D eigenvalue weighted by molar-refractivity contribution is 5.68. The summed E-state index contributed by atoms with van der Waals surface area (Å²) in [6.07, 6.45) is 0.384. The summed E-state index contributed by atoms with van der Waals surface area (Å²) < 4.78 is 16.6. The van der Waals surface area contributed by atoms with Crippen LogP contribution in [0.15, 0.2) is 41.2 Å². The number of nitrogens with one attached hydrogen (secondary N) is 1. The first kappa shape index (κ1) is 17.0. The number of phenolic OH excluding ortho intramolecular Hbond substituents is 1. The molecule has 2 heterocycles. The lowest BCUT2D eigenvalue weighted by atomic mass is 10.0. The van der Waals surface area contributed by atoms with Crippen molar-refractivity contribution in [1.29, 1.82) is 0 Å². The second-order valence-corrected chi connectivity index (χ2v) is 6.01. The Morgan fingerprint density at radius 2 is 2.00 bits per heavy atom. The molecule has 1 aliphatic heterocycles. The molecule has 1 aliphatic rings. The van der Waals surface area contributed by atoms with Gasteiger partial charge in [-0.2, -0.15) is 4.98 Å². The van der Waals surface area contributed by atoms with Crippen molar-refractivity contribution in [2.75, 3.05) is 13.7 Å². The number of H-pyrrole nitrogens is 1. The van der Waals surface area contributed by atoms with Crippen LogP contribution in [0.5, 0.6) is 28.9 Å². The smallest absolute Gasteiger partial charge is 0.258 e. The van der Waals surface area contributed by atoms with Crippen molar-refractivity contribution in [3.8, 4) is 40.3 Å². The van der Waals surface area contributed by atoms with Gasteiger partial charge in [0, 0.05) is 12.0 Å². The summed E-state index contributed by atoms with van der Waals surface area (Å²) in [5.74, 6) is 1.76. The standard InChI is InChI=1S/C20H18N2O5/c1-3-26-14-8-5-7-12(16(14)23)18-21-19(24)13-10-11-6-4-9-15(25-2)17(11)27-20(13)22-18/h4-9,23H,3,10H2,1-2H3,(H,21,22,24). The second-order valence-electron chi connectivity index (χ2n) is 6.01. The monoisotopic (exact) mass is 366 g/mol. The molecule has 2 aromatic carbocycles. The van der Waals surface area contributed by atoms with Gasteiger partial charge in [-0.25, -0.2) is 0 Å². The molecule has 0 amide bonds. The van der Waals surface area contributed by atoms with E-state index in [1.54, 1.807) is 31.4 Å². The average molecular weight is 366 g/mol. The SMILES string of the molecule is CCOc1cccc(-c2nc3c(c(=O)[nH]2)Cc2cccc(OC)c2O3)c1O. The summed E-state index contributed by atoms with van der Waals surface area (Å²) in [4.78, 5) is 19.8. The second kappa shape index (κ2) is 6.68. The van der Waals surface area contributed by atoms with Gasteiger partial charge < -0.3 is 24.3 Å². The van der Waals surface area contributed by atoms with Gasteiger partial charge >= 0.3 is 0 Å². The molecule has 0 saturated heterocycles. The van der Waals surface area contributed by atoms with Crippen molar-refractivity contribution < 1.29 is 19.3 Å². The van der Waals surface area contributed by atoms with Gasteiger partial charge in [0.05, 0.1) is 24.8 Å². The number of nitrogens with zero attached hydrogens (tertiary/aromatic N) is 1. The van der Waals surface area contributed by atoms with Gasteiger partial charge in [0.1, 0.15) is 5.82 Å². The molecule has 0 radical (unpaired) electrons. The number of rotatable bonds is 4. The number of fused-ring (bicyclic) bond motifs is 2. The Morgan fingerprint density at radius 1 is 1.22 bits per heavy atom. The van der Waals surface area contributed by atoms with E-state index >= 15 is 0 Å². The Balaban J connectivity index is 1.82. The van der Waals surface area contributed by atoms with Crippen LogP contribution in [0.2, 0.25) is 0 Å². The molecule has 4 rings (SSSR count). The fraction of sp³-hybridized carbons (Fsp3) is 0.200. The van der Waals surface area contributed by atoms with Crippen molar-refractivity contribution >= 4 is 0 Å². The molecule has 0 saturated carbocycles. The third kappa shape index (κ3) is 2.87. The van der Waals surface area contributed by atoms with E-state index in [0.29, 0.717) is 41.4 Å². The molecule has 27 heavy (non-hydrogen) atoms. The minimum absolute atomic E-state index is 0.0868. The van der Waals surface area contributed by atoms with E-state index in [2.05, 4.69) is 9.97 Å². The van der Waals surface area contributed by atoms with Crippen LogP contribution in [0.4, 0.5) is 0 Å². The van der Waals surface area contributed by atoms with Crippen LogP contribution in [0.1, 0.15) is 18.1 Å². The molecule has 0 bridgehead atoms. The zero-order chi connectivity index (χ0) is 19.0. The molecule has 7 heteroatoms. The summed E-state index contributed by atoms with van der Waals surface area (Å²) in [6.45, 7) is 2.23. The molecule has 7 nitrogen and oxygen atoms in total. The van der Waals surface area contributed by atoms with Crippen LogP contribution in [0.3, 0.4) is 0 Å². The summed E-state index contributed by atoms with van der Waals surface area (Å²) in [6, 6.07) is 10.5. The van der Waals surface area contributed by atoms with Gasteiger partial charge in [0.2, 0.25) is 5.88 Å². The molecule has 0 atom stereocenters. The Bertz CT molecular complexity index is 1070. The number of hydrogen-bond acceptors (Lipinski definition) is 6. The van der Waals surface area contributed by atoms with Crippen LogP contribution in [0.25, 0.3) is 11.4 Å². The minimum Gasteiger partial charge on any atom is -0.504 e. The van der Waals surface area contributed by atoms with Gasteiger partial charge in [-0.15, -0.1) is 0 Å². The summed E-state index contributed by atoms with van der Waals surface area (Å²) in [7, 11) is 1.56. The number of hydrogen-bond donors (Lipinski definition) is 2. The lowest BCUT2D eigenvalue weighted by Gasteiger charge is -2.21. The number of aromatic amines is 1. The zero-order valence-corrected chi connectivity index (χ0v) is 14.9. The highest BCUT2D eigenvalue weighted by Crippen LogP contribution is 2.41. The predicted octanol–water partition coefficient (Wildman–Crippen LogP) is 3.25. The number of aromatic hydroxyl groups is 1. The molecular weight excluding hydrogens is 348 g/mol. The maximum Gasteiger partial charge on any atom is 0.258 e. The van der Waals surface area contributed by atoms with Crippen LogP contribution in [0, 0.1) is 0 Å². The van der Waals surface area contributed by atoms with E-state index in [0.717, 1.165) is 5.56 Å². The highest BCUT2D eigenvalue weighted by atomic mass is 16.5. The van der Waals surface area contributed by atoms with Crippen molar-refractivity contribution in [1.82, 2.24) is 9.97 Å². The summed E-state index contributed by atoms with van der Waals surface area (Å²) in [5.41, 5.74) is 1.32. The number of aromatic nitrogens is 2. The largest absolute Gasteiger partial charge is 0.504 e. The van der Waals surface area contributed by atoms with Crippen LogP contribution >= 0.6 is 0 Å². The van der Waals surface area contributed by atoms with Gasteiger partial charge in [-0.3, -0.25) is 4.79 Å². The first-order chi connectivity index (χ1) is 13.1. The minimum atomic E-state index is -0.315. The van der Waals surface area contributed by atoms with Crippen LogP contribution in [-0.2, 0) is 6.42 Å². The predicted molar refractivity (Wildman–Crippen MR) is 99.0 cm³/mol. The molecule has 0 spiro atoms. The van der Waals surface area contributed by atoms with Gasteiger partial charge in [0.15, 0.2) is 23.0 Å². The number of phenols is 1. The lowest BCUT2D eigenvalue weighted by molar-refractivity contribution is 0.318. The Kier molecular flexibility index (Phi) is 4.19. The van der Waals surface area contributed by atoms with E-state index in [-0.39, 0.29) is 23.0 Å². The number of benzene rings is 2. The van der Waals surface area contributed by atoms with Gasteiger partial charge in [-0.05, 0) is 25.1 Å². The zero-order valence-electron chi connectivity index (χ0n) is 14.9. The van der Waals surface area contributed by atoms with E-state index in [1.807, 2.05) is 19.1 Å². The van der Waals surface area contributed by atoms with Crippen molar-refractivity contribution in [2.24, 2.45) is 0 Å². The third-order valence-electron chi connectivity index (χ3n) is 4.38. The quantitative estimate of drug-likeness (QED) is 0.576. The number of para-hydroxylation sites is 2. The van der Waals surface area contributed by atoms with Gasteiger partial charge in [0.25, 0.3) is 5.56 Å². The van der Waals surface area contributed by atoms with E-state index in [1.165, 1.54) is 0 Å². The lowest BCUT2D eigenvalue weighted by Crippen LogP contribution is -2.20. The molecule has 0 fully saturated rings. The van der Waals surface area contributed by atoms with E-state index in [9.17, 15) is 9.90 Å². The molecular formula is C20H18N2O5. The fourth-order valence-electron chi connectivity index (χ4n) is 3.09. The van der Waals surface area contributed by atoms with Crippen LogP contribution in [-0.4, -0.2) is 28.8 Å². The first-order valence-corrected chi connectivity index (χ1v) is 8.54. The Hall–Kier alpha value is -3.48. The molecule has 0 unspecified atom stereocenters. The third-order valence-corrected chi connectivity index (χ3v) is 4.38. The highest BCUT2D eigenvalue weighted by Gasteiger charge is 2.25. The Labute approximate surface area is 155 Å². The first-order valence-electron chi connectivity index (χ1n) is 8.54. The molecule has 1 aromatic heterocycles. The summed E-state index contributed by atoms with van der Waals surface area (Å²) >= 11 is 0. The molecule has 3 aromatic rings. The van der Waals surface area contributed by atoms with Crippen molar-refractivity contribution in [3.05, 3.63) is 57.9 Å². The number of ether oxygens (including phenoxy) is 3. The maximum absolute atomic E-state index is 12.6. The fourth-order valence-corrected chi connectivity index (χ4v) is 3.09. The molecule has 2 N–H and O–H groups in total. The van der Waals surface area contributed by atoms with E-state index < -0.39 is 0 Å².